The SMILES string of the molecule is COCCNCc1ccn(CC2CCC(C)O2)n1. The number of methoxy groups -OCH3 is 1. The molecule has 0 radical (unpaired) electrons. The number of nitrogens with zero attached hydrogens (tertiary/aromatic N) is 2. The van der Waals surface area contributed by atoms with Crippen molar-refractivity contribution in [2.75, 3.05) is 20.3 Å². The first-order valence-electron chi connectivity index (χ1n) is 6.65. The summed E-state index contributed by atoms with van der Waals surface area (Å²) < 4.78 is 12.8. The van der Waals surface area contributed by atoms with Crippen LogP contribution < -0.4 is 5.32 Å². The maximum Gasteiger partial charge on any atom is 0.0775 e. The maximum atomic E-state index is 5.79. The molecule has 0 aliphatic carbocycles. The van der Waals surface area contributed by atoms with Gasteiger partial charge >= 0.3 is 0 Å². The number of nitrogens with one attached hydrogen (secondary N) is 1. The summed E-state index contributed by atoms with van der Waals surface area (Å²) in [5.41, 5.74) is 1.07. The Balaban J connectivity index is 1.72. The summed E-state index contributed by atoms with van der Waals surface area (Å²) in [6, 6.07) is 2.05. The van der Waals surface area contributed by atoms with Crippen LogP contribution in [0.4, 0.5) is 0 Å². The van der Waals surface area contributed by atoms with Gasteiger partial charge in [-0.1, -0.05) is 0 Å². The van der Waals surface area contributed by atoms with Crippen LogP contribution in [-0.2, 0) is 22.6 Å². The summed E-state index contributed by atoms with van der Waals surface area (Å²) in [4.78, 5) is 0. The monoisotopic (exact) mass is 253 g/mol. The molecule has 18 heavy (non-hydrogen) atoms. The molecule has 1 fully saturated rings. The molecule has 0 amide bonds. The third kappa shape index (κ3) is 4.08. The molecule has 1 aromatic heterocycles. The minimum absolute atomic E-state index is 0.328. The minimum atomic E-state index is 0.328. The molecular formula is C13H23N3O2. The number of hydrogen-bond acceptors (Lipinski definition) is 4. The van der Waals surface area contributed by atoms with E-state index in [1.165, 1.54) is 0 Å². The predicted molar refractivity (Wildman–Crippen MR) is 69.4 cm³/mol. The van der Waals surface area contributed by atoms with E-state index in [0.29, 0.717) is 12.2 Å². The molecule has 5 heteroatoms. The molecular weight excluding hydrogens is 230 g/mol. The average molecular weight is 253 g/mol. The van der Waals surface area contributed by atoms with Crippen molar-refractivity contribution in [1.29, 1.82) is 0 Å². The lowest BCUT2D eigenvalue weighted by molar-refractivity contribution is 0.0436. The number of ether oxygens (including phenoxy) is 2. The Morgan fingerprint density at radius 1 is 1.56 bits per heavy atom. The molecule has 2 atom stereocenters. The van der Waals surface area contributed by atoms with Gasteiger partial charge in [0.2, 0.25) is 0 Å². The molecule has 1 N–H and O–H groups in total. The van der Waals surface area contributed by atoms with E-state index in [1.807, 2.05) is 10.9 Å². The van der Waals surface area contributed by atoms with Crippen molar-refractivity contribution in [3.63, 3.8) is 0 Å². The number of rotatable bonds is 7. The molecule has 102 valence electrons. The Morgan fingerprint density at radius 3 is 3.17 bits per heavy atom. The molecule has 0 saturated carbocycles. The molecule has 5 nitrogen and oxygen atoms in total. The fourth-order valence-corrected chi connectivity index (χ4v) is 2.22. The third-order valence-corrected chi connectivity index (χ3v) is 3.20. The number of hydrogen-bond donors (Lipinski definition) is 1. The largest absolute Gasteiger partial charge is 0.383 e. The van der Waals surface area contributed by atoms with Crippen LogP contribution in [0.1, 0.15) is 25.5 Å². The summed E-state index contributed by atoms with van der Waals surface area (Å²) in [6.45, 7) is 5.37. The van der Waals surface area contributed by atoms with E-state index in [1.54, 1.807) is 7.11 Å². The Hall–Kier alpha value is -0.910. The van der Waals surface area contributed by atoms with E-state index < -0.39 is 0 Å². The second-order valence-corrected chi connectivity index (χ2v) is 4.84. The summed E-state index contributed by atoms with van der Waals surface area (Å²) in [5, 5.41) is 7.81. The van der Waals surface area contributed by atoms with Gasteiger partial charge in [-0.15, -0.1) is 0 Å². The first-order chi connectivity index (χ1) is 8.78. The van der Waals surface area contributed by atoms with Gasteiger partial charge in [-0.25, -0.2) is 0 Å². The zero-order chi connectivity index (χ0) is 12.8. The molecule has 2 rings (SSSR count). The summed E-state index contributed by atoms with van der Waals surface area (Å²) in [5.74, 6) is 0. The third-order valence-electron chi connectivity index (χ3n) is 3.20. The first-order valence-corrected chi connectivity index (χ1v) is 6.65. The van der Waals surface area contributed by atoms with Gasteiger partial charge in [-0.05, 0) is 25.8 Å². The second kappa shape index (κ2) is 6.87. The Labute approximate surface area is 108 Å². The van der Waals surface area contributed by atoms with Crippen LogP contribution in [-0.4, -0.2) is 42.2 Å². The highest BCUT2D eigenvalue weighted by atomic mass is 16.5. The van der Waals surface area contributed by atoms with Gasteiger partial charge in [0.05, 0.1) is 31.1 Å². The molecule has 1 aliphatic rings. The van der Waals surface area contributed by atoms with Crippen molar-refractivity contribution < 1.29 is 9.47 Å². The highest BCUT2D eigenvalue weighted by Crippen LogP contribution is 2.20. The maximum absolute atomic E-state index is 5.79. The summed E-state index contributed by atoms with van der Waals surface area (Å²) >= 11 is 0. The standard InChI is InChI=1S/C13H23N3O2/c1-11-3-4-13(18-11)10-16-7-5-12(15-16)9-14-6-8-17-2/h5,7,11,13-14H,3-4,6,8-10H2,1-2H3. The van der Waals surface area contributed by atoms with Crippen LogP contribution in [0.2, 0.25) is 0 Å². The van der Waals surface area contributed by atoms with Crippen LogP contribution in [0.5, 0.6) is 0 Å². The van der Waals surface area contributed by atoms with E-state index in [-0.39, 0.29) is 0 Å². The van der Waals surface area contributed by atoms with E-state index in [0.717, 1.165) is 44.8 Å². The van der Waals surface area contributed by atoms with Crippen LogP contribution in [0.25, 0.3) is 0 Å². The van der Waals surface area contributed by atoms with Gasteiger partial charge < -0.3 is 14.8 Å². The van der Waals surface area contributed by atoms with E-state index in [9.17, 15) is 0 Å². The normalized spacial score (nSPS) is 23.7. The van der Waals surface area contributed by atoms with Crippen molar-refractivity contribution in [2.24, 2.45) is 0 Å². The number of aromatic nitrogens is 2. The Morgan fingerprint density at radius 2 is 2.44 bits per heavy atom. The van der Waals surface area contributed by atoms with Crippen LogP contribution >= 0.6 is 0 Å². The predicted octanol–water partition coefficient (Wildman–Crippen LogP) is 1.19. The topological polar surface area (TPSA) is 48.3 Å². The molecule has 0 bridgehead atoms. The lowest BCUT2D eigenvalue weighted by atomic mass is 10.2. The zero-order valence-corrected chi connectivity index (χ0v) is 11.3. The fraction of sp³-hybridized carbons (Fsp3) is 0.769. The summed E-state index contributed by atoms with van der Waals surface area (Å²) in [6.07, 6.45) is 5.06. The molecule has 1 aliphatic heterocycles. The second-order valence-electron chi connectivity index (χ2n) is 4.84. The van der Waals surface area contributed by atoms with Crippen molar-refractivity contribution in [1.82, 2.24) is 15.1 Å². The molecule has 0 aromatic carbocycles. The van der Waals surface area contributed by atoms with Gasteiger partial charge in [0.1, 0.15) is 0 Å². The van der Waals surface area contributed by atoms with E-state index in [2.05, 4.69) is 23.4 Å². The Kier molecular flexibility index (Phi) is 5.16. The van der Waals surface area contributed by atoms with Crippen LogP contribution in [0.15, 0.2) is 12.3 Å². The molecule has 1 saturated heterocycles. The Bertz CT molecular complexity index is 354. The van der Waals surface area contributed by atoms with Crippen molar-refractivity contribution in [3.8, 4) is 0 Å². The smallest absolute Gasteiger partial charge is 0.0775 e. The lowest BCUT2D eigenvalue weighted by Crippen LogP contribution is -2.20. The quantitative estimate of drug-likeness (QED) is 0.742. The lowest BCUT2D eigenvalue weighted by Gasteiger charge is -2.10. The van der Waals surface area contributed by atoms with Crippen LogP contribution in [0.3, 0.4) is 0 Å². The van der Waals surface area contributed by atoms with E-state index >= 15 is 0 Å². The fourth-order valence-electron chi connectivity index (χ4n) is 2.22. The highest BCUT2D eigenvalue weighted by molar-refractivity contribution is 4.98. The van der Waals surface area contributed by atoms with Crippen LogP contribution in [0, 0.1) is 0 Å². The van der Waals surface area contributed by atoms with Crippen molar-refractivity contribution >= 4 is 0 Å². The van der Waals surface area contributed by atoms with Gasteiger partial charge in [0.25, 0.3) is 0 Å². The van der Waals surface area contributed by atoms with Gasteiger partial charge in [-0.2, -0.15) is 5.10 Å². The molecule has 1 aromatic rings. The zero-order valence-electron chi connectivity index (χ0n) is 11.3. The van der Waals surface area contributed by atoms with Crippen molar-refractivity contribution in [2.45, 2.75) is 45.1 Å². The average Bonchev–Trinajstić information content (AvgIpc) is 2.95. The van der Waals surface area contributed by atoms with Gasteiger partial charge in [0, 0.05) is 26.4 Å². The molecule has 0 spiro atoms. The highest BCUT2D eigenvalue weighted by Gasteiger charge is 2.22. The van der Waals surface area contributed by atoms with Gasteiger partial charge in [0.15, 0.2) is 0 Å². The first kappa shape index (κ1) is 13.5. The molecule has 2 heterocycles. The van der Waals surface area contributed by atoms with E-state index in [4.69, 9.17) is 9.47 Å². The van der Waals surface area contributed by atoms with Gasteiger partial charge in [-0.3, -0.25) is 4.68 Å². The summed E-state index contributed by atoms with van der Waals surface area (Å²) in [7, 11) is 1.71. The minimum Gasteiger partial charge on any atom is -0.383 e. The van der Waals surface area contributed by atoms with Crippen molar-refractivity contribution in [3.05, 3.63) is 18.0 Å². The molecule has 2 unspecified atom stereocenters.